The molecule has 0 aromatic carbocycles. The summed E-state index contributed by atoms with van der Waals surface area (Å²) in [5.74, 6) is 0.866. The first-order valence-electron chi connectivity index (χ1n) is 4.48. The van der Waals surface area contributed by atoms with Crippen molar-refractivity contribution < 1.29 is 4.74 Å². The minimum Gasteiger partial charge on any atom is -0.494 e. The zero-order valence-electron chi connectivity index (χ0n) is 8.55. The third kappa shape index (κ3) is 7.13. The molecule has 0 rings (SSSR count). The minimum atomic E-state index is 0.626. The van der Waals surface area contributed by atoms with Crippen molar-refractivity contribution in [1.82, 2.24) is 0 Å². The Morgan fingerprint density at radius 1 is 1.38 bits per heavy atom. The Morgan fingerprint density at radius 2 is 2.08 bits per heavy atom. The standard InChI is InChI=1S/C12H18O/c1-5-7-8-9-13-12(4)10-11(3)6-2/h6-8,10H,2-3,5,9H2,1,4H3/b8-7-,12-10-. The molecule has 0 aromatic heterocycles. The number of rotatable bonds is 6. The molecule has 0 N–H and O–H groups in total. The fraction of sp³-hybridized carbons (Fsp3) is 0.333. The van der Waals surface area contributed by atoms with Gasteiger partial charge in [-0.05, 0) is 25.0 Å². The molecule has 0 aliphatic heterocycles. The van der Waals surface area contributed by atoms with E-state index in [9.17, 15) is 0 Å². The molecule has 0 unspecified atom stereocenters. The van der Waals surface area contributed by atoms with Crippen LogP contribution >= 0.6 is 0 Å². The minimum absolute atomic E-state index is 0.626. The van der Waals surface area contributed by atoms with Crippen LogP contribution in [0.4, 0.5) is 0 Å². The van der Waals surface area contributed by atoms with Crippen LogP contribution in [0.5, 0.6) is 0 Å². The van der Waals surface area contributed by atoms with E-state index in [4.69, 9.17) is 4.74 Å². The van der Waals surface area contributed by atoms with Crippen molar-refractivity contribution in [3.63, 3.8) is 0 Å². The second kappa shape index (κ2) is 7.41. The van der Waals surface area contributed by atoms with Crippen LogP contribution in [0.3, 0.4) is 0 Å². The van der Waals surface area contributed by atoms with Gasteiger partial charge in [-0.15, -0.1) is 0 Å². The van der Waals surface area contributed by atoms with E-state index in [1.165, 1.54) is 0 Å². The third-order valence-electron chi connectivity index (χ3n) is 1.46. The van der Waals surface area contributed by atoms with Crippen molar-refractivity contribution in [1.29, 1.82) is 0 Å². The molecule has 0 saturated heterocycles. The van der Waals surface area contributed by atoms with Gasteiger partial charge in [-0.1, -0.05) is 38.3 Å². The van der Waals surface area contributed by atoms with E-state index in [1.807, 2.05) is 19.1 Å². The van der Waals surface area contributed by atoms with Gasteiger partial charge < -0.3 is 4.74 Å². The first-order valence-corrected chi connectivity index (χ1v) is 4.48. The lowest BCUT2D eigenvalue weighted by atomic mass is 10.3. The zero-order valence-corrected chi connectivity index (χ0v) is 8.55. The molecule has 0 heterocycles. The average molecular weight is 178 g/mol. The quantitative estimate of drug-likeness (QED) is 0.343. The summed E-state index contributed by atoms with van der Waals surface area (Å²) in [4.78, 5) is 0. The summed E-state index contributed by atoms with van der Waals surface area (Å²) in [7, 11) is 0. The summed E-state index contributed by atoms with van der Waals surface area (Å²) in [6, 6.07) is 0. The molecule has 1 heteroatoms. The van der Waals surface area contributed by atoms with Crippen molar-refractivity contribution in [2.45, 2.75) is 20.3 Å². The Labute approximate surface area is 81.1 Å². The molecular weight excluding hydrogens is 160 g/mol. The Hall–Kier alpha value is -1.24. The van der Waals surface area contributed by atoms with E-state index in [0.717, 1.165) is 17.8 Å². The smallest absolute Gasteiger partial charge is 0.106 e. The number of hydrogen-bond donors (Lipinski definition) is 0. The Balaban J connectivity index is 3.79. The number of ether oxygens (including phenoxy) is 1. The summed E-state index contributed by atoms with van der Waals surface area (Å²) >= 11 is 0. The molecule has 72 valence electrons. The molecule has 0 saturated carbocycles. The predicted octanol–water partition coefficient (Wildman–Crippen LogP) is 3.62. The lowest BCUT2D eigenvalue weighted by molar-refractivity contribution is 0.249. The van der Waals surface area contributed by atoms with Gasteiger partial charge in [0.05, 0.1) is 5.76 Å². The first-order chi connectivity index (χ1) is 6.20. The Bertz CT molecular complexity index is 221. The molecule has 0 aromatic rings. The monoisotopic (exact) mass is 178 g/mol. The summed E-state index contributed by atoms with van der Waals surface area (Å²) in [6.45, 7) is 12.0. The van der Waals surface area contributed by atoms with Crippen molar-refractivity contribution in [3.8, 4) is 0 Å². The molecule has 0 aliphatic rings. The molecule has 0 atom stereocenters. The maximum atomic E-state index is 5.38. The second-order valence-electron chi connectivity index (χ2n) is 2.72. The lowest BCUT2D eigenvalue weighted by Gasteiger charge is -2.02. The van der Waals surface area contributed by atoms with E-state index in [0.29, 0.717) is 6.61 Å². The molecule has 0 amide bonds. The van der Waals surface area contributed by atoms with E-state index in [-0.39, 0.29) is 0 Å². The lowest BCUT2D eigenvalue weighted by Crippen LogP contribution is -1.88. The molecule has 0 aliphatic carbocycles. The van der Waals surface area contributed by atoms with Crippen molar-refractivity contribution in [2.24, 2.45) is 0 Å². The highest BCUT2D eigenvalue weighted by Gasteiger charge is 1.87. The van der Waals surface area contributed by atoms with Gasteiger partial charge in [-0.3, -0.25) is 0 Å². The summed E-state index contributed by atoms with van der Waals surface area (Å²) < 4.78 is 5.38. The van der Waals surface area contributed by atoms with Crippen LogP contribution in [-0.2, 0) is 4.74 Å². The van der Waals surface area contributed by atoms with Gasteiger partial charge in [0.1, 0.15) is 6.61 Å². The van der Waals surface area contributed by atoms with Crippen LogP contribution in [-0.4, -0.2) is 6.61 Å². The number of hydrogen-bond acceptors (Lipinski definition) is 1. The third-order valence-corrected chi connectivity index (χ3v) is 1.46. The van der Waals surface area contributed by atoms with Gasteiger partial charge in [0.15, 0.2) is 0 Å². The number of allylic oxidation sites excluding steroid dienone is 5. The topological polar surface area (TPSA) is 9.23 Å². The summed E-state index contributed by atoms with van der Waals surface area (Å²) in [5, 5.41) is 0. The summed E-state index contributed by atoms with van der Waals surface area (Å²) in [6.07, 6.45) is 8.70. The fourth-order valence-electron chi connectivity index (χ4n) is 0.776. The largest absolute Gasteiger partial charge is 0.494 e. The van der Waals surface area contributed by atoms with E-state index >= 15 is 0 Å². The Morgan fingerprint density at radius 3 is 2.62 bits per heavy atom. The van der Waals surface area contributed by atoms with E-state index in [2.05, 4.69) is 26.2 Å². The Kier molecular flexibility index (Phi) is 6.70. The second-order valence-corrected chi connectivity index (χ2v) is 2.72. The average Bonchev–Trinajstić information content (AvgIpc) is 2.12. The zero-order chi connectivity index (χ0) is 10.1. The highest BCUT2D eigenvalue weighted by molar-refractivity contribution is 5.26. The van der Waals surface area contributed by atoms with Crippen LogP contribution in [0.25, 0.3) is 0 Å². The highest BCUT2D eigenvalue weighted by Crippen LogP contribution is 2.02. The first kappa shape index (κ1) is 11.8. The van der Waals surface area contributed by atoms with Crippen molar-refractivity contribution >= 4 is 0 Å². The summed E-state index contributed by atoms with van der Waals surface area (Å²) in [5.41, 5.74) is 0.872. The molecule has 0 bridgehead atoms. The fourth-order valence-corrected chi connectivity index (χ4v) is 0.776. The van der Waals surface area contributed by atoms with Crippen LogP contribution in [0.2, 0.25) is 0 Å². The van der Waals surface area contributed by atoms with E-state index < -0.39 is 0 Å². The normalized spacial score (nSPS) is 11.7. The van der Waals surface area contributed by atoms with Crippen LogP contribution in [0.15, 0.2) is 48.8 Å². The van der Waals surface area contributed by atoms with Gasteiger partial charge in [0.25, 0.3) is 0 Å². The van der Waals surface area contributed by atoms with Gasteiger partial charge in [0, 0.05) is 0 Å². The molecule has 0 fully saturated rings. The van der Waals surface area contributed by atoms with E-state index in [1.54, 1.807) is 6.08 Å². The van der Waals surface area contributed by atoms with Gasteiger partial charge in [0.2, 0.25) is 0 Å². The molecule has 13 heavy (non-hydrogen) atoms. The SMILES string of the molecule is C=CC(=C)/C=C(/C)OC/C=C\CC. The van der Waals surface area contributed by atoms with Crippen LogP contribution in [0, 0.1) is 0 Å². The highest BCUT2D eigenvalue weighted by atomic mass is 16.5. The molecule has 0 radical (unpaired) electrons. The maximum absolute atomic E-state index is 5.38. The van der Waals surface area contributed by atoms with Crippen molar-refractivity contribution in [3.05, 3.63) is 48.8 Å². The molecule has 0 spiro atoms. The molecule has 1 nitrogen and oxygen atoms in total. The van der Waals surface area contributed by atoms with Crippen molar-refractivity contribution in [2.75, 3.05) is 6.61 Å². The maximum Gasteiger partial charge on any atom is 0.106 e. The predicted molar refractivity (Wildman–Crippen MR) is 58.5 cm³/mol. The van der Waals surface area contributed by atoms with Crippen LogP contribution in [0.1, 0.15) is 20.3 Å². The van der Waals surface area contributed by atoms with Gasteiger partial charge >= 0.3 is 0 Å². The van der Waals surface area contributed by atoms with Gasteiger partial charge in [-0.2, -0.15) is 0 Å². The van der Waals surface area contributed by atoms with Gasteiger partial charge in [-0.25, -0.2) is 0 Å². The van der Waals surface area contributed by atoms with Crippen LogP contribution < -0.4 is 0 Å². The molecular formula is C12H18O.